The van der Waals surface area contributed by atoms with Gasteiger partial charge < -0.3 is 10.5 Å². The van der Waals surface area contributed by atoms with Gasteiger partial charge in [0.05, 0.1) is 5.69 Å². The first-order valence-corrected chi connectivity index (χ1v) is 5.06. The highest BCUT2D eigenvalue weighted by Crippen LogP contribution is 2.41. The van der Waals surface area contributed by atoms with Crippen LogP contribution in [0.25, 0.3) is 5.76 Å². The number of fused-ring (bicyclic) bond motifs is 1. The molecule has 0 spiro atoms. The maximum Gasteiger partial charge on any atom is 0.123 e. The number of ether oxygens (including phenoxy) is 1. The first-order valence-electron chi connectivity index (χ1n) is 5.06. The quantitative estimate of drug-likeness (QED) is 0.706. The maximum atomic E-state index is 5.78. The molecule has 3 heteroatoms. The Balaban J connectivity index is 2.60. The number of rotatable bonds is 0. The first kappa shape index (κ1) is 10.0. The summed E-state index contributed by atoms with van der Waals surface area (Å²) < 4.78 is 5.78. The van der Waals surface area contributed by atoms with Crippen LogP contribution in [0.5, 0.6) is 0 Å². The van der Waals surface area contributed by atoms with Gasteiger partial charge in [0, 0.05) is 11.5 Å². The van der Waals surface area contributed by atoms with Crippen molar-refractivity contribution >= 4 is 11.6 Å². The van der Waals surface area contributed by atoms with Crippen LogP contribution in [0.4, 0.5) is 5.82 Å². The van der Waals surface area contributed by atoms with E-state index in [0.29, 0.717) is 11.6 Å². The summed E-state index contributed by atoms with van der Waals surface area (Å²) in [5.74, 6) is 1.44. The number of nitrogens with two attached hydrogens (primary N) is 1. The van der Waals surface area contributed by atoms with Gasteiger partial charge in [0.15, 0.2) is 0 Å². The third kappa shape index (κ3) is 1.48. The summed E-state index contributed by atoms with van der Waals surface area (Å²) in [6.07, 6.45) is 0. The van der Waals surface area contributed by atoms with E-state index in [0.717, 1.165) is 11.3 Å². The van der Waals surface area contributed by atoms with Crippen LogP contribution in [0.15, 0.2) is 18.7 Å². The number of nitrogens with zero attached hydrogens (tertiary/aromatic N) is 1. The van der Waals surface area contributed by atoms with Gasteiger partial charge in [-0.3, -0.25) is 0 Å². The minimum absolute atomic E-state index is 0.210. The summed E-state index contributed by atoms with van der Waals surface area (Å²) in [4.78, 5) is 4.38. The van der Waals surface area contributed by atoms with E-state index in [1.807, 2.05) is 19.9 Å². The second-order valence-corrected chi connectivity index (χ2v) is 4.52. The second kappa shape index (κ2) is 2.99. The van der Waals surface area contributed by atoms with E-state index in [2.05, 4.69) is 18.5 Å². The van der Waals surface area contributed by atoms with Crippen LogP contribution < -0.4 is 5.73 Å². The van der Waals surface area contributed by atoms with Crippen LogP contribution in [0, 0.1) is 0 Å². The molecule has 1 aromatic rings. The van der Waals surface area contributed by atoms with Crippen LogP contribution in [0.2, 0.25) is 0 Å². The highest BCUT2D eigenvalue weighted by Gasteiger charge is 2.37. The SMILES string of the molecule is C=C1OC(C)(C)[C@@H](C)c2nc(N)ccc21. The molecule has 80 valence electrons. The summed E-state index contributed by atoms with van der Waals surface area (Å²) in [6.45, 7) is 10.1. The summed E-state index contributed by atoms with van der Waals surface area (Å²) in [6, 6.07) is 3.70. The van der Waals surface area contributed by atoms with E-state index in [1.165, 1.54) is 0 Å². The van der Waals surface area contributed by atoms with Gasteiger partial charge in [0.2, 0.25) is 0 Å². The van der Waals surface area contributed by atoms with Gasteiger partial charge in [-0.25, -0.2) is 4.98 Å². The molecule has 0 bridgehead atoms. The van der Waals surface area contributed by atoms with Gasteiger partial charge in [-0.1, -0.05) is 13.5 Å². The van der Waals surface area contributed by atoms with Gasteiger partial charge in [-0.05, 0) is 26.0 Å². The molecule has 2 heterocycles. The van der Waals surface area contributed by atoms with E-state index in [4.69, 9.17) is 10.5 Å². The van der Waals surface area contributed by atoms with Gasteiger partial charge in [-0.15, -0.1) is 0 Å². The smallest absolute Gasteiger partial charge is 0.123 e. The van der Waals surface area contributed by atoms with Crippen molar-refractivity contribution in [3.8, 4) is 0 Å². The zero-order valence-electron chi connectivity index (χ0n) is 9.37. The molecular formula is C12H16N2O. The normalized spacial score (nSPS) is 23.1. The molecule has 0 amide bonds. The highest BCUT2D eigenvalue weighted by atomic mass is 16.5. The van der Waals surface area contributed by atoms with Gasteiger partial charge >= 0.3 is 0 Å². The Labute approximate surface area is 90.0 Å². The molecular weight excluding hydrogens is 188 g/mol. The fraction of sp³-hybridized carbons (Fsp3) is 0.417. The lowest BCUT2D eigenvalue weighted by Crippen LogP contribution is -2.35. The van der Waals surface area contributed by atoms with Crippen molar-refractivity contribution in [3.05, 3.63) is 30.0 Å². The average Bonchev–Trinajstić information content (AvgIpc) is 2.13. The molecule has 0 saturated carbocycles. The Bertz CT molecular complexity index is 424. The summed E-state index contributed by atoms with van der Waals surface area (Å²) >= 11 is 0. The number of pyridine rings is 1. The molecule has 2 rings (SSSR count). The van der Waals surface area contributed by atoms with Crippen LogP contribution in [0.1, 0.15) is 37.9 Å². The Morgan fingerprint density at radius 3 is 2.80 bits per heavy atom. The average molecular weight is 204 g/mol. The van der Waals surface area contributed by atoms with Gasteiger partial charge in [0.1, 0.15) is 17.2 Å². The van der Waals surface area contributed by atoms with Crippen molar-refractivity contribution in [2.75, 3.05) is 5.73 Å². The maximum absolute atomic E-state index is 5.78. The number of hydrogen-bond donors (Lipinski definition) is 1. The van der Waals surface area contributed by atoms with Crippen LogP contribution in [-0.4, -0.2) is 10.6 Å². The van der Waals surface area contributed by atoms with E-state index in [1.54, 1.807) is 6.07 Å². The van der Waals surface area contributed by atoms with Crippen molar-refractivity contribution in [3.63, 3.8) is 0 Å². The zero-order valence-corrected chi connectivity index (χ0v) is 9.37. The molecule has 2 N–H and O–H groups in total. The molecule has 0 radical (unpaired) electrons. The molecule has 15 heavy (non-hydrogen) atoms. The molecule has 0 aromatic carbocycles. The lowest BCUT2D eigenvalue weighted by atomic mass is 9.84. The lowest BCUT2D eigenvalue weighted by molar-refractivity contribution is 0.0435. The van der Waals surface area contributed by atoms with Gasteiger partial charge in [-0.2, -0.15) is 0 Å². The van der Waals surface area contributed by atoms with Gasteiger partial charge in [0.25, 0.3) is 0 Å². The summed E-state index contributed by atoms with van der Waals surface area (Å²) in [5, 5.41) is 0. The van der Waals surface area contributed by atoms with Crippen molar-refractivity contribution in [1.82, 2.24) is 4.98 Å². The third-order valence-electron chi connectivity index (χ3n) is 3.09. The van der Waals surface area contributed by atoms with E-state index < -0.39 is 0 Å². The number of hydrogen-bond acceptors (Lipinski definition) is 3. The molecule has 1 aliphatic rings. The molecule has 3 nitrogen and oxygen atoms in total. The van der Waals surface area contributed by atoms with Crippen LogP contribution >= 0.6 is 0 Å². The van der Waals surface area contributed by atoms with E-state index in [-0.39, 0.29) is 11.5 Å². The molecule has 1 aliphatic heterocycles. The van der Waals surface area contributed by atoms with Crippen molar-refractivity contribution in [2.24, 2.45) is 0 Å². The fourth-order valence-electron chi connectivity index (χ4n) is 1.85. The molecule has 1 aromatic heterocycles. The Morgan fingerprint density at radius 1 is 1.47 bits per heavy atom. The summed E-state index contributed by atoms with van der Waals surface area (Å²) in [7, 11) is 0. The Kier molecular flexibility index (Phi) is 2.00. The topological polar surface area (TPSA) is 48.1 Å². The molecule has 0 aliphatic carbocycles. The lowest BCUT2D eigenvalue weighted by Gasteiger charge is -2.38. The molecule has 1 atom stereocenters. The number of nitrogen functional groups attached to an aromatic ring is 1. The van der Waals surface area contributed by atoms with Crippen molar-refractivity contribution in [2.45, 2.75) is 32.3 Å². The Morgan fingerprint density at radius 2 is 2.13 bits per heavy atom. The van der Waals surface area contributed by atoms with Crippen LogP contribution in [-0.2, 0) is 4.74 Å². The second-order valence-electron chi connectivity index (χ2n) is 4.52. The highest BCUT2D eigenvalue weighted by molar-refractivity contribution is 5.64. The number of anilines is 1. The summed E-state index contributed by atoms with van der Waals surface area (Å²) in [5.41, 5.74) is 7.37. The molecule has 0 saturated heterocycles. The third-order valence-corrected chi connectivity index (χ3v) is 3.09. The predicted molar refractivity (Wildman–Crippen MR) is 61.3 cm³/mol. The molecule has 0 unspecified atom stereocenters. The monoisotopic (exact) mass is 204 g/mol. The fourth-order valence-corrected chi connectivity index (χ4v) is 1.85. The van der Waals surface area contributed by atoms with E-state index >= 15 is 0 Å². The Hall–Kier alpha value is -1.51. The standard InChI is InChI=1S/C12H16N2O/c1-7-11-9(5-6-10(13)14-11)8(2)15-12(7,3)4/h5-7H,2H2,1,3-4H3,(H2,13,14)/t7-/m0/s1. The zero-order chi connectivity index (χ0) is 11.2. The van der Waals surface area contributed by atoms with Crippen molar-refractivity contribution < 1.29 is 4.74 Å². The largest absolute Gasteiger partial charge is 0.487 e. The molecule has 0 fully saturated rings. The van der Waals surface area contributed by atoms with E-state index in [9.17, 15) is 0 Å². The number of aromatic nitrogens is 1. The van der Waals surface area contributed by atoms with Crippen LogP contribution in [0.3, 0.4) is 0 Å². The minimum Gasteiger partial charge on any atom is -0.487 e. The predicted octanol–water partition coefficient (Wildman–Crippen LogP) is 2.55. The van der Waals surface area contributed by atoms with Crippen molar-refractivity contribution in [1.29, 1.82) is 0 Å². The first-order chi connectivity index (χ1) is 6.92. The minimum atomic E-state index is -0.273.